The van der Waals surface area contributed by atoms with Crippen molar-refractivity contribution in [1.29, 1.82) is 0 Å². The summed E-state index contributed by atoms with van der Waals surface area (Å²) in [7, 11) is 1.75. The van der Waals surface area contributed by atoms with Crippen LogP contribution in [0.5, 0.6) is 0 Å². The summed E-state index contributed by atoms with van der Waals surface area (Å²) < 4.78 is 13.0. The van der Waals surface area contributed by atoms with Crippen LogP contribution in [0.3, 0.4) is 0 Å². The molecule has 0 spiro atoms. The van der Waals surface area contributed by atoms with Gasteiger partial charge in [-0.1, -0.05) is 26.0 Å². The molecule has 0 fully saturated rings. The molecule has 2 heterocycles. The fourth-order valence-corrected chi connectivity index (χ4v) is 3.82. The third-order valence-corrected chi connectivity index (χ3v) is 5.72. The number of aromatic nitrogens is 2. The van der Waals surface area contributed by atoms with Gasteiger partial charge in [-0.2, -0.15) is 4.98 Å². The SMILES string of the molecule is Cc1nc(NCc2ccc(NC(=O)c3ccc(F)cc3)cc2)nc2c1N(C)C(=O)C(C(C)C)N2. The number of benzene rings is 2. The molecule has 3 aromatic rings. The minimum atomic E-state index is -0.387. The maximum atomic E-state index is 13.0. The highest BCUT2D eigenvalue weighted by molar-refractivity contribution is 6.05. The van der Waals surface area contributed by atoms with E-state index in [-0.39, 0.29) is 29.6 Å². The summed E-state index contributed by atoms with van der Waals surface area (Å²) in [5, 5.41) is 9.27. The van der Waals surface area contributed by atoms with Crippen molar-refractivity contribution in [1.82, 2.24) is 9.97 Å². The molecular weight excluding hydrogens is 435 g/mol. The lowest BCUT2D eigenvalue weighted by atomic mass is 10.0. The third-order valence-electron chi connectivity index (χ3n) is 5.72. The maximum Gasteiger partial charge on any atom is 0.255 e. The predicted molar refractivity (Wildman–Crippen MR) is 131 cm³/mol. The highest BCUT2D eigenvalue weighted by Crippen LogP contribution is 2.33. The van der Waals surface area contributed by atoms with Crippen molar-refractivity contribution >= 4 is 35.0 Å². The third kappa shape index (κ3) is 4.83. The summed E-state index contributed by atoms with van der Waals surface area (Å²) >= 11 is 0. The Labute approximate surface area is 197 Å². The number of hydrogen-bond acceptors (Lipinski definition) is 6. The Balaban J connectivity index is 1.41. The number of rotatable bonds is 6. The second-order valence-electron chi connectivity index (χ2n) is 8.60. The number of anilines is 4. The number of carbonyl (C=O) groups excluding carboxylic acids is 2. The monoisotopic (exact) mass is 462 g/mol. The molecule has 4 rings (SSSR count). The summed E-state index contributed by atoms with van der Waals surface area (Å²) in [5.41, 5.74) is 3.38. The molecule has 176 valence electrons. The normalized spacial score (nSPS) is 15.1. The van der Waals surface area contributed by atoms with Crippen molar-refractivity contribution in [2.24, 2.45) is 5.92 Å². The Morgan fingerprint density at radius 2 is 1.79 bits per heavy atom. The number of fused-ring (bicyclic) bond motifs is 1. The number of halogens is 1. The number of hydrogen-bond donors (Lipinski definition) is 3. The molecule has 9 heteroatoms. The van der Waals surface area contributed by atoms with E-state index in [1.807, 2.05) is 32.9 Å². The lowest BCUT2D eigenvalue weighted by Crippen LogP contribution is -2.48. The van der Waals surface area contributed by atoms with Gasteiger partial charge in [-0.05, 0) is 54.8 Å². The first-order valence-corrected chi connectivity index (χ1v) is 11.1. The van der Waals surface area contributed by atoms with Gasteiger partial charge >= 0.3 is 0 Å². The summed E-state index contributed by atoms with van der Waals surface area (Å²) in [6.07, 6.45) is 0. The van der Waals surface area contributed by atoms with Gasteiger partial charge in [-0.25, -0.2) is 9.37 Å². The van der Waals surface area contributed by atoms with E-state index in [0.717, 1.165) is 5.56 Å². The molecule has 1 aliphatic rings. The molecule has 1 aromatic heterocycles. The zero-order chi connectivity index (χ0) is 24.4. The maximum absolute atomic E-state index is 13.0. The van der Waals surface area contributed by atoms with Crippen LogP contribution >= 0.6 is 0 Å². The van der Waals surface area contributed by atoms with Crippen LogP contribution in [-0.4, -0.2) is 34.9 Å². The fraction of sp³-hybridized carbons (Fsp3) is 0.280. The number of carbonyl (C=O) groups is 2. The molecule has 2 aromatic carbocycles. The van der Waals surface area contributed by atoms with E-state index in [1.165, 1.54) is 24.3 Å². The molecule has 0 bridgehead atoms. The van der Waals surface area contributed by atoms with Gasteiger partial charge in [-0.15, -0.1) is 0 Å². The average molecular weight is 463 g/mol. The van der Waals surface area contributed by atoms with E-state index < -0.39 is 0 Å². The van der Waals surface area contributed by atoms with Crippen molar-refractivity contribution < 1.29 is 14.0 Å². The van der Waals surface area contributed by atoms with Gasteiger partial charge in [0, 0.05) is 24.8 Å². The van der Waals surface area contributed by atoms with Crippen molar-refractivity contribution in [3.05, 3.63) is 71.2 Å². The van der Waals surface area contributed by atoms with E-state index >= 15 is 0 Å². The highest BCUT2D eigenvalue weighted by Gasteiger charge is 2.34. The van der Waals surface area contributed by atoms with Crippen LogP contribution in [0.4, 0.5) is 27.5 Å². The fourth-order valence-electron chi connectivity index (χ4n) is 3.82. The number of nitrogens with zero attached hydrogens (tertiary/aromatic N) is 3. The standard InChI is InChI=1S/C25H27FN6O2/c1-14(2)20-24(34)32(4)21-15(3)28-25(31-22(21)30-20)27-13-16-5-11-19(12-6-16)29-23(33)17-7-9-18(26)10-8-17/h5-12,14,20H,13H2,1-4H3,(H,29,33)(H2,27,28,30,31). The van der Waals surface area contributed by atoms with E-state index in [2.05, 4.69) is 25.9 Å². The number of nitrogens with one attached hydrogen (secondary N) is 3. The van der Waals surface area contributed by atoms with Crippen LogP contribution in [-0.2, 0) is 11.3 Å². The van der Waals surface area contributed by atoms with E-state index in [9.17, 15) is 14.0 Å². The molecule has 0 radical (unpaired) electrons. The molecule has 8 nitrogen and oxygen atoms in total. The van der Waals surface area contributed by atoms with Crippen molar-refractivity contribution in [2.45, 2.75) is 33.4 Å². The van der Waals surface area contributed by atoms with Crippen LogP contribution in [0.15, 0.2) is 48.5 Å². The number of amides is 2. The number of aryl methyl sites for hydroxylation is 1. The number of likely N-dealkylation sites (N-methyl/N-ethyl adjacent to an activating group) is 1. The van der Waals surface area contributed by atoms with E-state index in [4.69, 9.17) is 0 Å². The molecular formula is C25H27FN6O2. The lowest BCUT2D eigenvalue weighted by Gasteiger charge is -2.34. The van der Waals surface area contributed by atoms with Crippen LogP contribution in [0, 0.1) is 18.7 Å². The quantitative estimate of drug-likeness (QED) is 0.508. The molecule has 3 N–H and O–H groups in total. The van der Waals surface area contributed by atoms with Gasteiger partial charge in [-0.3, -0.25) is 9.59 Å². The van der Waals surface area contributed by atoms with Gasteiger partial charge in [0.2, 0.25) is 11.9 Å². The molecule has 2 amide bonds. The van der Waals surface area contributed by atoms with Gasteiger partial charge in [0.25, 0.3) is 5.91 Å². The molecule has 0 aliphatic carbocycles. The Hall–Kier alpha value is -4.01. The van der Waals surface area contributed by atoms with E-state index in [0.29, 0.717) is 40.9 Å². The summed E-state index contributed by atoms with van der Waals surface area (Å²) in [4.78, 5) is 35.6. The Kier molecular flexibility index (Phi) is 6.45. The zero-order valence-electron chi connectivity index (χ0n) is 19.5. The second-order valence-corrected chi connectivity index (χ2v) is 8.60. The molecule has 0 saturated carbocycles. The minimum Gasteiger partial charge on any atom is -0.356 e. The molecule has 34 heavy (non-hydrogen) atoms. The van der Waals surface area contributed by atoms with Crippen LogP contribution in [0.1, 0.15) is 35.5 Å². The van der Waals surface area contributed by atoms with E-state index in [1.54, 1.807) is 24.1 Å². The van der Waals surface area contributed by atoms with Crippen LogP contribution in [0.25, 0.3) is 0 Å². The highest BCUT2D eigenvalue weighted by atomic mass is 19.1. The van der Waals surface area contributed by atoms with Crippen molar-refractivity contribution in [2.75, 3.05) is 27.9 Å². The van der Waals surface area contributed by atoms with Crippen LogP contribution < -0.4 is 20.9 Å². The largest absolute Gasteiger partial charge is 0.356 e. The molecule has 1 atom stereocenters. The summed E-state index contributed by atoms with van der Waals surface area (Å²) in [6.45, 7) is 6.32. The van der Waals surface area contributed by atoms with Gasteiger partial charge in [0.15, 0.2) is 5.82 Å². The molecule has 1 unspecified atom stereocenters. The van der Waals surface area contributed by atoms with Gasteiger partial charge < -0.3 is 20.9 Å². The van der Waals surface area contributed by atoms with Crippen molar-refractivity contribution in [3.63, 3.8) is 0 Å². The average Bonchev–Trinajstić information content (AvgIpc) is 2.81. The van der Waals surface area contributed by atoms with Crippen molar-refractivity contribution in [3.8, 4) is 0 Å². The first-order chi connectivity index (χ1) is 16.2. The smallest absolute Gasteiger partial charge is 0.255 e. The Morgan fingerprint density at radius 3 is 2.44 bits per heavy atom. The topological polar surface area (TPSA) is 99.2 Å². The summed E-state index contributed by atoms with van der Waals surface area (Å²) in [5.74, 6) is 0.526. The van der Waals surface area contributed by atoms with Crippen LogP contribution in [0.2, 0.25) is 0 Å². The van der Waals surface area contributed by atoms with Gasteiger partial charge in [0.05, 0.1) is 5.69 Å². The Morgan fingerprint density at radius 1 is 1.12 bits per heavy atom. The molecule has 1 aliphatic heterocycles. The molecule has 0 saturated heterocycles. The first-order valence-electron chi connectivity index (χ1n) is 11.1. The lowest BCUT2D eigenvalue weighted by molar-refractivity contribution is -0.120. The second kappa shape index (κ2) is 9.46. The zero-order valence-corrected chi connectivity index (χ0v) is 19.5. The predicted octanol–water partition coefficient (Wildman–Crippen LogP) is 4.20. The first kappa shape index (κ1) is 23.2. The summed E-state index contributed by atoms with van der Waals surface area (Å²) in [6, 6.07) is 12.4. The minimum absolute atomic E-state index is 0.00141. The van der Waals surface area contributed by atoms with Gasteiger partial charge in [0.1, 0.15) is 17.5 Å². The Bertz CT molecular complexity index is 1210.